The second kappa shape index (κ2) is 3.38. The molecule has 84 valence electrons. The molecule has 0 aromatic carbocycles. The third-order valence-corrected chi connectivity index (χ3v) is 4.68. The standard InChI is InChI=1S/C12H14N2O2/c15-6-13-11-10-2-8-1-9(3-10)5-12(11,4-8)14-7-16/h8-11H,1-5H2. The molecule has 16 heavy (non-hydrogen) atoms. The summed E-state index contributed by atoms with van der Waals surface area (Å²) in [5.74, 6) is 1.78. The summed E-state index contributed by atoms with van der Waals surface area (Å²) in [5, 5.41) is 0. The lowest BCUT2D eigenvalue weighted by molar-refractivity contribution is -0.0166. The minimum absolute atomic E-state index is 0.112. The molecule has 0 radical (unpaired) electrons. The molecule has 0 aromatic rings. The van der Waals surface area contributed by atoms with Gasteiger partial charge in [0.25, 0.3) is 0 Å². The SMILES string of the molecule is O=C=NC1C2CC3CC(C2)CC1(N=C=O)C3. The van der Waals surface area contributed by atoms with Crippen LogP contribution in [-0.4, -0.2) is 23.7 Å². The molecule has 0 aliphatic heterocycles. The second-order valence-corrected chi connectivity index (χ2v) is 5.58. The van der Waals surface area contributed by atoms with E-state index in [1.165, 1.54) is 6.42 Å². The van der Waals surface area contributed by atoms with Crippen LogP contribution < -0.4 is 0 Å². The fourth-order valence-electron chi connectivity index (χ4n) is 4.50. The van der Waals surface area contributed by atoms with Gasteiger partial charge in [0, 0.05) is 0 Å². The van der Waals surface area contributed by atoms with Gasteiger partial charge in [-0.25, -0.2) is 9.59 Å². The monoisotopic (exact) mass is 218 g/mol. The van der Waals surface area contributed by atoms with Gasteiger partial charge in [0.1, 0.15) is 0 Å². The Kier molecular flexibility index (Phi) is 2.10. The maximum Gasteiger partial charge on any atom is 0.235 e. The molecule has 4 rings (SSSR count). The molecule has 4 saturated carbocycles. The number of aliphatic imine (C=N–C) groups is 2. The van der Waals surface area contributed by atoms with Crippen LogP contribution >= 0.6 is 0 Å². The first-order valence-electron chi connectivity index (χ1n) is 5.93. The first-order valence-corrected chi connectivity index (χ1v) is 5.93. The Labute approximate surface area is 93.8 Å². The van der Waals surface area contributed by atoms with Gasteiger partial charge in [-0.2, -0.15) is 9.98 Å². The van der Waals surface area contributed by atoms with E-state index in [2.05, 4.69) is 9.98 Å². The lowest BCUT2D eigenvalue weighted by Crippen LogP contribution is -2.58. The van der Waals surface area contributed by atoms with Crippen LogP contribution in [0.3, 0.4) is 0 Å². The van der Waals surface area contributed by atoms with Gasteiger partial charge < -0.3 is 0 Å². The van der Waals surface area contributed by atoms with E-state index < -0.39 is 5.54 Å². The number of carbonyl (C=O) groups excluding carboxylic acids is 2. The van der Waals surface area contributed by atoms with Gasteiger partial charge in [-0.1, -0.05) is 0 Å². The van der Waals surface area contributed by atoms with Crippen LogP contribution in [0.4, 0.5) is 0 Å². The van der Waals surface area contributed by atoms with Crippen molar-refractivity contribution < 1.29 is 9.59 Å². The molecule has 0 amide bonds. The van der Waals surface area contributed by atoms with E-state index >= 15 is 0 Å². The summed E-state index contributed by atoms with van der Waals surface area (Å²) in [4.78, 5) is 29.1. The van der Waals surface area contributed by atoms with Gasteiger partial charge in [-0.05, 0) is 49.9 Å². The van der Waals surface area contributed by atoms with E-state index in [-0.39, 0.29) is 6.04 Å². The molecule has 0 saturated heterocycles. The Morgan fingerprint density at radius 3 is 2.25 bits per heavy atom. The first-order chi connectivity index (χ1) is 7.77. The smallest absolute Gasteiger partial charge is 0.211 e. The third-order valence-electron chi connectivity index (χ3n) is 4.68. The molecule has 4 fully saturated rings. The quantitative estimate of drug-likeness (QED) is 0.522. The van der Waals surface area contributed by atoms with Gasteiger partial charge in [0.05, 0.1) is 11.6 Å². The van der Waals surface area contributed by atoms with Crippen molar-refractivity contribution in [3.05, 3.63) is 0 Å². The third kappa shape index (κ3) is 1.24. The van der Waals surface area contributed by atoms with E-state index in [4.69, 9.17) is 0 Å². The summed E-state index contributed by atoms with van der Waals surface area (Å²) >= 11 is 0. The highest BCUT2D eigenvalue weighted by molar-refractivity contribution is 5.39. The molecule has 4 nitrogen and oxygen atoms in total. The van der Waals surface area contributed by atoms with Crippen molar-refractivity contribution in [2.45, 2.75) is 43.7 Å². The van der Waals surface area contributed by atoms with Crippen LogP contribution in [0.25, 0.3) is 0 Å². The van der Waals surface area contributed by atoms with Gasteiger partial charge >= 0.3 is 0 Å². The average molecular weight is 218 g/mol. The van der Waals surface area contributed by atoms with Crippen LogP contribution in [0.5, 0.6) is 0 Å². The Morgan fingerprint density at radius 2 is 1.69 bits per heavy atom. The molecule has 4 heteroatoms. The molecule has 0 N–H and O–H groups in total. The highest BCUT2D eigenvalue weighted by Gasteiger charge is 2.57. The topological polar surface area (TPSA) is 58.9 Å². The zero-order valence-electron chi connectivity index (χ0n) is 9.06. The Morgan fingerprint density at radius 1 is 1.00 bits per heavy atom. The van der Waals surface area contributed by atoms with Crippen molar-refractivity contribution >= 4 is 12.2 Å². The van der Waals surface area contributed by atoms with Gasteiger partial charge in [0.2, 0.25) is 12.2 Å². The minimum atomic E-state index is -0.409. The Balaban J connectivity index is 2.04. The lowest BCUT2D eigenvalue weighted by Gasteiger charge is -2.56. The normalized spacial score (nSPS) is 48.2. The van der Waals surface area contributed by atoms with Crippen LogP contribution in [0.15, 0.2) is 9.98 Å². The summed E-state index contributed by atoms with van der Waals surface area (Å²) in [6, 6.07) is -0.112. The number of nitrogens with zero attached hydrogens (tertiary/aromatic N) is 2. The molecular formula is C12H14N2O2. The van der Waals surface area contributed by atoms with Gasteiger partial charge in [-0.3, -0.25) is 0 Å². The summed E-state index contributed by atoms with van der Waals surface area (Å²) in [6.45, 7) is 0. The second-order valence-electron chi connectivity index (χ2n) is 5.58. The largest absolute Gasteiger partial charge is 0.235 e. The summed E-state index contributed by atoms with van der Waals surface area (Å²) in [6.07, 6.45) is 8.73. The maximum absolute atomic E-state index is 10.6. The van der Waals surface area contributed by atoms with Crippen LogP contribution in [-0.2, 0) is 9.59 Å². The number of hydrogen-bond donors (Lipinski definition) is 0. The predicted octanol–water partition coefficient (Wildman–Crippen LogP) is 1.61. The zero-order valence-corrected chi connectivity index (χ0v) is 9.06. The lowest BCUT2D eigenvalue weighted by atomic mass is 9.51. The highest BCUT2D eigenvalue weighted by Crippen LogP contribution is 2.58. The van der Waals surface area contributed by atoms with Crippen LogP contribution in [0.1, 0.15) is 32.1 Å². The zero-order chi connectivity index (χ0) is 11.2. The highest BCUT2D eigenvalue weighted by atomic mass is 16.1. The van der Waals surface area contributed by atoms with E-state index in [1.807, 2.05) is 0 Å². The molecular weight excluding hydrogens is 204 g/mol. The van der Waals surface area contributed by atoms with E-state index in [0.29, 0.717) is 17.8 Å². The Bertz CT molecular complexity index is 393. The molecule has 4 bridgehead atoms. The van der Waals surface area contributed by atoms with Crippen molar-refractivity contribution in [1.82, 2.24) is 0 Å². The van der Waals surface area contributed by atoms with Gasteiger partial charge in [-0.15, -0.1) is 0 Å². The fraction of sp³-hybridized carbons (Fsp3) is 0.833. The average Bonchev–Trinajstić information content (AvgIpc) is 2.23. The van der Waals surface area contributed by atoms with Crippen LogP contribution in [0, 0.1) is 17.8 Å². The van der Waals surface area contributed by atoms with Crippen molar-refractivity contribution in [1.29, 1.82) is 0 Å². The summed E-state index contributed by atoms with van der Waals surface area (Å²) in [7, 11) is 0. The van der Waals surface area contributed by atoms with Crippen molar-refractivity contribution in [3.8, 4) is 0 Å². The predicted molar refractivity (Wildman–Crippen MR) is 56.3 cm³/mol. The molecule has 4 aliphatic carbocycles. The van der Waals surface area contributed by atoms with E-state index in [1.54, 1.807) is 12.2 Å². The van der Waals surface area contributed by atoms with Gasteiger partial charge in [0.15, 0.2) is 0 Å². The molecule has 4 aliphatic rings. The summed E-state index contributed by atoms with van der Waals surface area (Å²) < 4.78 is 0. The first kappa shape index (κ1) is 9.95. The van der Waals surface area contributed by atoms with E-state index in [0.717, 1.165) is 25.7 Å². The van der Waals surface area contributed by atoms with E-state index in [9.17, 15) is 9.59 Å². The van der Waals surface area contributed by atoms with Crippen molar-refractivity contribution in [2.75, 3.05) is 0 Å². The van der Waals surface area contributed by atoms with Crippen LogP contribution in [0.2, 0.25) is 0 Å². The number of hydrogen-bond acceptors (Lipinski definition) is 4. The fourth-order valence-corrected chi connectivity index (χ4v) is 4.50. The molecule has 0 spiro atoms. The number of isocyanates is 2. The Hall–Kier alpha value is -1.24. The molecule has 0 aromatic heterocycles. The van der Waals surface area contributed by atoms with Crippen molar-refractivity contribution in [3.63, 3.8) is 0 Å². The minimum Gasteiger partial charge on any atom is -0.211 e. The maximum atomic E-state index is 10.6. The van der Waals surface area contributed by atoms with Crippen molar-refractivity contribution in [2.24, 2.45) is 27.7 Å². The molecule has 3 unspecified atom stereocenters. The number of rotatable bonds is 2. The molecule has 0 heterocycles. The summed E-state index contributed by atoms with van der Waals surface area (Å²) in [5.41, 5.74) is -0.409. The molecule has 3 atom stereocenters.